The van der Waals surface area contributed by atoms with Crippen molar-refractivity contribution in [3.8, 4) is 5.75 Å². The maximum absolute atomic E-state index is 13.9. The lowest BCUT2D eigenvalue weighted by atomic mass is 10.2. The minimum absolute atomic E-state index is 0.0697. The van der Waals surface area contributed by atoms with Gasteiger partial charge in [0.1, 0.15) is 11.6 Å². The van der Waals surface area contributed by atoms with Crippen molar-refractivity contribution in [2.45, 2.75) is 6.54 Å². The number of hydrogen-bond acceptors (Lipinski definition) is 4. The van der Waals surface area contributed by atoms with Gasteiger partial charge in [-0.2, -0.15) is 0 Å². The van der Waals surface area contributed by atoms with E-state index in [1.54, 1.807) is 24.1 Å². The Bertz CT molecular complexity index is 776. The van der Waals surface area contributed by atoms with Gasteiger partial charge in [0, 0.05) is 45.3 Å². The monoisotopic (exact) mass is 371 g/mol. The average molecular weight is 371 g/mol. The number of methoxy groups -OCH3 is 1. The zero-order valence-corrected chi connectivity index (χ0v) is 15.9. The summed E-state index contributed by atoms with van der Waals surface area (Å²) < 4.78 is 19.3. The van der Waals surface area contributed by atoms with Gasteiger partial charge >= 0.3 is 0 Å². The minimum Gasteiger partial charge on any atom is -0.496 e. The van der Waals surface area contributed by atoms with Crippen LogP contribution in [0.3, 0.4) is 0 Å². The maximum Gasteiger partial charge on any atom is 0.236 e. The summed E-state index contributed by atoms with van der Waals surface area (Å²) in [5.41, 5.74) is 1.62. The number of rotatable bonds is 6. The first-order valence-corrected chi connectivity index (χ1v) is 9.16. The number of likely N-dealkylation sites (N-methyl/N-ethyl adjacent to an activating group) is 1. The molecule has 0 N–H and O–H groups in total. The molecule has 2 aromatic carbocycles. The largest absolute Gasteiger partial charge is 0.496 e. The van der Waals surface area contributed by atoms with E-state index in [0.717, 1.165) is 24.4 Å². The summed E-state index contributed by atoms with van der Waals surface area (Å²) in [6.45, 7) is 3.79. The first-order valence-electron chi connectivity index (χ1n) is 9.16. The van der Waals surface area contributed by atoms with Gasteiger partial charge in [-0.15, -0.1) is 0 Å². The zero-order chi connectivity index (χ0) is 19.2. The minimum atomic E-state index is -0.196. The van der Waals surface area contributed by atoms with Gasteiger partial charge in [-0.05, 0) is 18.2 Å². The number of benzene rings is 2. The number of anilines is 1. The fourth-order valence-corrected chi connectivity index (χ4v) is 3.34. The van der Waals surface area contributed by atoms with Crippen LogP contribution in [0.1, 0.15) is 5.56 Å². The molecule has 1 aliphatic rings. The van der Waals surface area contributed by atoms with Crippen LogP contribution in [0.25, 0.3) is 0 Å². The van der Waals surface area contributed by atoms with Gasteiger partial charge in [0.25, 0.3) is 0 Å². The Hall–Kier alpha value is -2.60. The molecular weight excluding hydrogens is 345 g/mol. The quantitative estimate of drug-likeness (QED) is 0.782. The fourth-order valence-electron chi connectivity index (χ4n) is 3.34. The van der Waals surface area contributed by atoms with Gasteiger partial charge in [0.05, 0.1) is 19.3 Å². The first kappa shape index (κ1) is 19.2. The molecule has 1 aliphatic heterocycles. The van der Waals surface area contributed by atoms with Gasteiger partial charge in [-0.25, -0.2) is 4.39 Å². The van der Waals surface area contributed by atoms with Crippen molar-refractivity contribution in [2.24, 2.45) is 0 Å². The van der Waals surface area contributed by atoms with Crippen molar-refractivity contribution in [3.05, 3.63) is 59.9 Å². The summed E-state index contributed by atoms with van der Waals surface area (Å²) in [5, 5.41) is 0. The van der Waals surface area contributed by atoms with Gasteiger partial charge in [0.15, 0.2) is 0 Å². The maximum atomic E-state index is 13.9. The molecule has 3 rings (SSSR count). The van der Waals surface area contributed by atoms with Crippen LogP contribution in [0, 0.1) is 5.82 Å². The predicted molar refractivity (Wildman–Crippen MR) is 105 cm³/mol. The molecule has 1 saturated heterocycles. The van der Waals surface area contributed by atoms with E-state index in [0.29, 0.717) is 31.9 Å². The molecule has 1 heterocycles. The third kappa shape index (κ3) is 4.77. The third-order valence-corrected chi connectivity index (χ3v) is 4.95. The second-order valence-electron chi connectivity index (χ2n) is 6.78. The Morgan fingerprint density at radius 2 is 1.74 bits per heavy atom. The van der Waals surface area contributed by atoms with E-state index in [1.807, 2.05) is 42.3 Å². The summed E-state index contributed by atoms with van der Waals surface area (Å²) in [5.74, 6) is 0.662. The Balaban J connectivity index is 1.51. The molecule has 144 valence electrons. The van der Waals surface area contributed by atoms with Crippen LogP contribution in [0.4, 0.5) is 10.1 Å². The molecule has 1 fully saturated rings. The molecule has 0 unspecified atom stereocenters. The lowest BCUT2D eigenvalue weighted by Gasteiger charge is -2.36. The Kier molecular flexibility index (Phi) is 6.29. The molecule has 5 nitrogen and oxygen atoms in total. The average Bonchev–Trinajstić information content (AvgIpc) is 2.69. The first-order chi connectivity index (χ1) is 13.1. The number of amides is 1. The molecule has 27 heavy (non-hydrogen) atoms. The number of nitrogens with zero attached hydrogens (tertiary/aromatic N) is 3. The molecular formula is C21H26FN3O2. The summed E-state index contributed by atoms with van der Waals surface area (Å²) >= 11 is 0. The zero-order valence-electron chi connectivity index (χ0n) is 15.9. The molecule has 0 aromatic heterocycles. The fraction of sp³-hybridized carbons (Fsp3) is 0.381. The second-order valence-corrected chi connectivity index (χ2v) is 6.78. The van der Waals surface area contributed by atoms with E-state index in [1.165, 1.54) is 6.07 Å². The number of para-hydroxylation sites is 2. The van der Waals surface area contributed by atoms with E-state index >= 15 is 0 Å². The molecule has 0 saturated carbocycles. The number of carbonyl (C=O) groups excluding carboxylic acids is 1. The van der Waals surface area contributed by atoms with Crippen molar-refractivity contribution >= 4 is 11.6 Å². The molecule has 1 amide bonds. The molecule has 0 atom stereocenters. The van der Waals surface area contributed by atoms with Crippen molar-refractivity contribution in [2.75, 3.05) is 51.8 Å². The SMILES string of the molecule is COc1ccccc1CN(C)C(=O)CN1CCN(c2ccccc2F)CC1. The van der Waals surface area contributed by atoms with E-state index in [4.69, 9.17) is 4.74 Å². The highest BCUT2D eigenvalue weighted by Gasteiger charge is 2.22. The van der Waals surface area contributed by atoms with Crippen LogP contribution in [-0.4, -0.2) is 62.6 Å². The summed E-state index contributed by atoms with van der Waals surface area (Å²) in [6, 6.07) is 14.6. The highest BCUT2D eigenvalue weighted by molar-refractivity contribution is 5.78. The van der Waals surface area contributed by atoms with E-state index in [9.17, 15) is 9.18 Å². The number of carbonyl (C=O) groups is 1. The lowest BCUT2D eigenvalue weighted by molar-refractivity contribution is -0.131. The topological polar surface area (TPSA) is 36.0 Å². The highest BCUT2D eigenvalue weighted by Crippen LogP contribution is 2.21. The van der Waals surface area contributed by atoms with Crippen LogP contribution in [0.15, 0.2) is 48.5 Å². The van der Waals surface area contributed by atoms with E-state index < -0.39 is 0 Å². The summed E-state index contributed by atoms with van der Waals surface area (Å²) in [4.78, 5) is 18.5. The van der Waals surface area contributed by atoms with Crippen molar-refractivity contribution in [1.82, 2.24) is 9.80 Å². The number of ether oxygens (including phenoxy) is 1. The van der Waals surface area contributed by atoms with Crippen LogP contribution >= 0.6 is 0 Å². The van der Waals surface area contributed by atoms with Gasteiger partial charge in [-0.3, -0.25) is 9.69 Å². The van der Waals surface area contributed by atoms with E-state index in [2.05, 4.69) is 4.90 Å². The predicted octanol–water partition coefficient (Wildman–Crippen LogP) is 2.61. The second kappa shape index (κ2) is 8.86. The molecule has 0 bridgehead atoms. The van der Waals surface area contributed by atoms with E-state index in [-0.39, 0.29) is 11.7 Å². The smallest absolute Gasteiger partial charge is 0.236 e. The highest BCUT2D eigenvalue weighted by atomic mass is 19.1. The molecule has 2 aromatic rings. The van der Waals surface area contributed by atoms with Crippen molar-refractivity contribution in [1.29, 1.82) is 0 Å². The van der Waals surface area contributed by atoms with Crippen LogP contribution < -0.4 is 9.64 Å². The van der Waals surface area contributed by atoms with Crippen LogP contribution in [0.2, 0.25) is 0 Å². The Labute approximate surface area is 159 Å². The van der Waals surface area contributed by atoms with Gasteiger partial charge in [-0.1, -0.05) is 30.3 Å². The normalized spacial score (nSPS) is 14.9. The Morgan fingerprint density at radius 3 is 2.44 bits per heavy atom. The molecule has 0 aliphatic carbocycles. The van der Waals surface area contributed by atoms with Crippen LogP contribution in [0.5, 0.6) is 5.75 Å². The number of halogens is 1. The van der Waals surface area contributed by atoms with Gasteiger partial charge in [0.2, 0.25) is 5.91 Å². The number of hydrogen-bond donors (Lipinski definition) is 0. The third-order valence-electron chi connectivity index (χ3n) is 4.95. The lowest BCUT2D eigenvalue weighted by Crippen LogP contribution is -2.49. The van der Waals surface area contributed by atoms with Gasteiger partial charge < -0.3 is 14.5 Å². The Morgan fingerprint density at radius 1 is 1.07 bits per heavy atom. The molecule has 0 radical (unpaired) electrons. The molecule has 6 heteroatoms. The van der Waals surface area contributed by atoms with Crippen LogP contribution in [-0.2, 0) is 11.3 Å². The molecule has 0 spiro atoms. The van der Waals surface area contributed by atoms with Crippen molar-refractivity contribution < 1.29 is 13.9 Å². The summed E-state index contributed by atoms with van der Waals surface area (Å²) in [6.07, 6.45) is 0. The number of piperazine rings is 1. The summed E-state index contributed by atoms with van der Waals surface area (Å²) in [7, 11) is 3.44. The van der Waals surface area contributed by atoms with Crippen molar-refractivity contribution in [3.63, 3.8) is 0 Å². The standard InChI is InChI=1S/C21H26FN3O2/c1-23(15-17-7-3-6-10-20(17)27-2)21(26)16-24-11-13-25(14-12-24)19-9-5-4-8-18(19)22/h3-10H,11-16H2,1-2H3.